The number of rotatable bonds is 0. The Morgan fingerprint density at radius 3 is 2.69 bits per heavy atom. The van der Waals surface area contributed by atoms with E-state index in [2.05, 4.69) is 5.32 Å². The van der Waals surface area contributed by atoms with E-state index < -0.39 is 0 Å². The van der Waals surface area contributed by atoms with E-state index in [1.165, 1.54) is 0 Å². The highest BCUT2D eigenvalue weighted by molar-refractivity contribution is 5.76. The Balaban J connectivity index is 2.47. The van der Waals surface area contributed by atoms with Crippen molar-refractivity contribution in [2.75, 3.05) is 6.61 Å². The van der Waals surface area contributed by atoms with Crippen LogP contribution in [0, 0.1) is 5.92 Å². The Bertz CT molecular complexity index is 253. The summed E-state index contributed by atoms with van der Waals surface area (Å²) in [7, 11) is 0. The molecule has 4 nitrogen and oxygen atoms in total. The number of esters is 1. The summed E-state index contributed by atoms with van der Waals surface area (Å²) in [6, 6.07) is -0.0944. The van der Waals surface area contributed by atoms with E-state index in [0.717, 1.165) is 25.7 Å². The summed E-state index contributed by atoms with van der Waals surface area (Å²) in [6.07, 6.45) is 4.32. The monoisotopic (exact) mass is 227 g/mol. The van der Waals surface area contributed by atoms with Gasteiger partial charge in [0.15, 0.2) is 0 Å². The van der Waals surface area contributed by atoms with E-state index >= 15 is 0 Å². The van der Waals surface area contributed by atoms with Gasteiger partial charge in [0, 0.05) is 6.42 Å². The first kappa shape index (κ1) is 13.0. The van der Waals surface area contributed by atoms with Crippen molar-refractivity contribution in [3.05, 3.63) is 0 Å². The van der Waals surface area contributed by atoms with Crippen LogP contribution in [0.2, 0.25) is 0 Å². The third kappa shape index (κ3) is 4.64. The van der Waals surface area contributed by atoms with Crippen molar-refractivity contribution < 1.29 is 14.3 Å². The molecular weight excluding hydrogens is 206 g/mol. The van der Waals surface area contributed by atoms with Crippen LogP contribution < -0.4 is 5.32 Å². The molecule has 1 saturated heterocycles. The Hall–Kier alpha value is -1.06. The minimum absolute atomic E-state index is 0.0256. The van der Waals surface area contributed by atoms with E-state index in [0.29, 0.717) is 6.42 Å². The van der Waals surface area contributed by atoms with E-state index in [1.54, 1.807) is 0 Å². The fraction of sp³-hybridized carbons (Fsp3) is 0.833. The van der Waals surface area contributed by atoms with Gasteiger partial charge in [-0.3, -0.25) is 9.59 Å². The Labute approximate surface area is 96.7 Å². The summed E-state index contributed by atoms with van der Waals surface area (Å²) in [5.41, 5.74) is 0. The molecule has 0 aliphatic carbocycles. The number of nitrogens with one attached hydrogen (secondary N) is 1. The second kappa shape index (κ2) is 6.51. The molecule has 92 valence electrons. The van der Waals surface area contributed by atoms with E-state index in [9.17, 15) is 9.59 Å². The van der Waals surface area contributed by atoms with Gasteiger partial charge in [-0.25, -0.2) is 0 Å². The molecule has 1 rings (SSSR count). The van der Waals surface area contributed by atoms with Crippen LogP contribution in [0.5, 0.6) is 0 Å². The van der Waals surface area contributed by atoms with Gasteiger partial charge in [0.05, 0.1) is 12.0 Å². The maximum atomic E-state index is 11.5. The molecule has 1 aliphatic heterocycles. The molecule has 0 spiro atoms. The Morgan fingerprint density at radius 1 is 1.19 bits per heavy atom. The van der Waals surface area contributed by atoms with Crippen LogP contribution in [0.4, 0.5) is 0 Å². The highest BCUT2D eigenvalue weighted by atomic mass is 16.5. The van der Waals surface area contributed by atoms with Gasteiger partial charge in [0.2, 0.25) is 5.91 Å². The van der Waals surface area contributed by atoms with Crippen molar-refractivity contribution >= 4 is 11.9 Å². The van der Waals surface area contributed by atoms with Gasteiger partial charge in [-0.05, 0) is 19.8 Å². The van der Waals surface area contributed by atoms with Gasteiger partial charge in [-0.1, -0.05) is 19.8 Å². The van der Waals surface area contributed by atoms with Crippen molar-refractivity contribution in [3.8, 4) is 0 Å². The predicted molar refractivity (Wildman–Crippen MR) is 60.8 cm³/mol. The van der Waals surface area contributed by atoms with Crippen LogP contribution in [-0.4, -0.2) is 24.5 Å². The molecule has 0 radical (unpaired) electrons. The van der Waals surface area contributed by atoms with Gasteiger partial charge >= 0.3 is 5.97 Å². The zero-order valence-electron chi connectivity index (χ0n) is 10.1. The average Bonchev–Trinajstić information content (AvgIpc) is 2.23. The largest absolute Gasteiger partial charge is 0.463 e. The smallest absolute Gasteiger partial charge is 0.308 e. The van der Waals surface area contributed by atoms with Gasteiger partial charge in [-0.15, -0.1) is 0 Å². The normalized spacial score (nSPS) is 29.6. The molecule has 1 heterocycles. The molecule has 2 atom stereocenters. The molecule has 0 aromatic heterocycles. The molecular formula is C12H21NO3. The molecule has 0 aromatic rings. The standard InChI is InChI=1S/C12H21NO3/c1-9-6-4-3-5-7-11(14)13-10(2)8-16-12(9)15/h9-10H,3-8H2,1-2H3,(H,13,14)/t9-,10+/m1/s1. The minimum atomic E-state index is -0.151. The van der Waals surface area contributed by atoms with Crippen molar-refractivity contribution in [3.63, 3.8) is 0 Å². The number of hydrogen-bond acceptors (Lipinski definition) is 3. The van der Waals surface area contributed by atoms with Gasteiger partial charge in [0.1, 0.15) is 6.61 Å². The maximum Gasteiger partial charge on any atom is 0.308 e. The molecule has 0 aromatic carbocycles. The molecule has 1 fully saturated rings. The van der Waals surface area contributed by atoms with Crippen LogP contribution in [0.3, 0.4) is 0 Å². The van der Waals surface area contributed by atoms with Crippen molar-refractivity contribution in [1.29, 1.82) is 0 Å². The highest BCUT2D eigenvalue weighted by Crippen LogP contribution is 2.13. The topological polar surface area (TPSA) is 55.4 Å². The van der Waals surface area contributed by atoms with E-state index in [4.69, 9.17) is 4.74 Å². The Morgan fingerprint density at radius 2 is 1.94 bits per heavy atom. The second-order valence-electron chi connectivity index (χ2n) is 4.60. The third-order valence-electron chi connectivity index (χ3n) is 2.83. The van der Waals surface area contributed by atoms with Crippen LogP contribution in [0.25, 0.3) is 0 Å². The lowest BCUT2D eigenvalue weighted by Crippen LogP contribution is -2.37. The van der Waals surface area contributed by atoms with Gasteiger partial charge in [-0.2, -0.15) is 0 Å². The zero-order valence-corrected chi connectivity index (χ0v) is 10.1. The summed E-state index contributed by atoms with van der Waals surface area (Å²) in [4.78, 5) is 22.9. The molecule has 1 N–H and O–H groups in total. The number of hydrogen-bond donors (Lipinski definition) is 1. The number of carbonyl (C=O) groups is 2. The third-order valence-corrected chi connectivity index (χ3v) is 2.83. The van der Waals surface area contributed by atoms with Crippen LogP contribution >= 0.6 is 0 Å². The minimum Gasteiger partial charge on any atom is -0.463 e. The molecule has 16 heavy (non-hydrogen) atoms. The number of amides is 1. The van der Waals surface area contributed by atoms with Gasteiger partial charge < -0.3 is 10.1 Å². The maximum absolute atomic E-state index is 11.5. The molecule has 0 unspecified atom stereocenters. The summed E-state index contributed by atoms with van der Waals surface area (Å²) in [5.74, 6) is -0.124. The average molecular weight is 227 g/mol. The zero-order chi connectivity index (χ0) is 12.0. The van der Waals surface area contributed by atoms with Crippen LogP contribution in [0.1, 0.15) is 46.0 Å². The first-order chi connectivity index (χ1) is 7.59. The summed E-state index contributed by atoms with van der Waals surface area (Å²) < 4.78 is 5.13. The quantitative estimate of drug-likeness (QED) is 0.640. The SMILES string of the molecule is C[C@@H]1CCCCCC(=O)N[C@@H](C)COC1=O. The molecule has 1 aliphatic rings. The lowest BCUT2D eigenvalue weighted by molar-refractivity contribution is -0.149. The molecule has 4 heteroatoms. The van der Waals surface area contributed by atoms with Gasteiger partial charge in [0.25, 0.3) is 0 Å². The van der Waals surface area contributed by atoms with Crippen molar-refractivity contribution in [1.82, 2.24) is 5.32 Å². The Kier molecular flexibility index (Phi) is 5.29. The van der Waals surface area contributed by atoms with Crippen molar-refractivity contribution in [2.45, 2.75) is 52.0 Å². The lowest BCUT2D eigenvalue weighted by atomic mass is 10.0. The molecule has 1 amide bonds. The fourth-order valence-electron chi connectivity index (χ4n) is 1.77. The lowest BCUT2D eigenvalue weighted by Gasteiger charge is -2.17. The van der Waals surface area contributed by atoms with Crippen molar-refractivity contribution in [2.24, 2.45) is 5.92 Å². The molecule has 0 bridgehead atoms. The van der Waals surface area contributed by atoms with E-state index in [-0.39, 0.29) is 30.4 Å². The van der Waals surface area contributed by atoms with Crippen LogP contribution in [0.15, 0.2) is 0 Å². The number of carbonyl (C=O) groups excluding carboxylic acids is 2. The first-order valence-electron chi connectivity index (χ1n) is 6.05. The second-order valence-corrected chi connectivity index (χ2v) is 4.60. The van der Waals surface area contributed by atoms with E-state index in [1.807, 2.05) is 13.8 Å². The fourth-order valence-corrected chi connectivity index (χ4v) is 1.77. The summed E-state index contributed by atoms with van der Waals surface area (Å²) in [6.45, 7) is 4.02. The first-order valence-corrected chi connectivity index (χ1v) is 6.05. The summed E-state index contributed by atoms with van der Waals surface area (Å²) in [5, 5.41) is 2.82. The highest BCUT2D eigenvalue weighted by Gasteiger charge is 2.17. The summed E-state index contributed by atoms with van der Waals surface area (Å²) >= 11 is 0. The number of cyclic esters (lactones) is 1. The molecule has 0 saturated carbocycles. The van der Waals surface area contributed by atoms with Crippen LogP contribution in [-0.2, 0) is 14.3 Å². The predicted octanol–water partition coefficient (Wildman–Crippen LogP) is 1.63. The number of ether oxygens (including phenoxy) is 1.